The number of nitrogens with one attached hydrogen (secondary N) is 1. The molecule has 3 rings (SSSR count). The van der Waals surface area contributed by atoms with Crippen molar-refractivity contribution in [3.8, 4) is 0 Å². The number of aryl methyl sites for hydroxylation is 1. The summed E-state index contributed by atoms with van der Waals surface area (Å²) in [7, 11) is 0. The van der Waals surface area contributed by atoms with Crippen molar-refractivity contribution in [1.82, 2.24) is 10.2 Å². The van der Waals surface area contributed by atoms with Crippen molar-refractivity contribution in [2.24, 2.45) is 0 Å². The predicted molar refractivity (Wildman–Crippen MR) is 85.5 cm³/mol. The number of hydrogen-bond donors (Lipinski definition) is 1. The number of likely N-dealkylation sites (tertiary alicyclic amines) is 1. The van der Waals surface area contributed by atoms with E-state index in [2.05, 4.69) is 5.32 Å². The SMILES string of the molecule is Cc1ccc([N+](=O)[O-])cc1C(=O)N1CCC2CCC(C1)N2.Cl. The molecule has 2 bridgehead atoms. The van der Waals surface area contributed by atoms with Crippen LogP contribution >= 0.6 is 12.4 Å². The summed E-state index contributed by atoms with van der Waals surface area (Å²) in [5.74, 6) is -0.0921. The second kappa shape index (κ2) is 6.62. The Bertz CT molecular complexity index is 593. The normalized spacial score (nSPS) is 23.6. The highest BCUT2D eigenvalue weighted by molar-refractivity contribution is 5.96. The molecular formula is C15H20ClN3O3. The number of rotatable bonds is 2. The summed E-state index contributed by atoms with van der Waals surface area (Å²) in [5, 5.41) is 14.4. The van der Waals surface area contributed by atoms with E-state index < -0.39 is 4.92 Å². The molecule has 1 aromatic rings. The molecule has 2 unspecified atom stereocenters. The number of amides is 1. The third-order valence-electron chi connectivity index (χ3n) is 4.47. The Morgan fingerprint density at radius 3 is 2.77 bits per heavy atom. The fourth-order valence-corrected chi connectivity index (χ4v) is 3.25. The summed E-state index contributed by atoms with van der Waals surface area (Å²) < 4.78 is 0. The van der Waals surface area contributed by atoms with Crippen molar-refractivity contribution in [2.75, 3.05) is 13.1 Å². The Kier molecular flexibility index (Phi) is 5.03. The molecule has 6 nitrogen and oxygen atoms in total. The van der Waals surface area contributed by atoms with Gasteiger partial charge in [-0.3, -0.25) is 14.9 Å². The van der Waals surface area contributed by atoms with Crippen LogP contribution in [-0.2, 0) is 0 Å². The number of carbonyl (C=O) groups excluding carboxylic acids is 1. The molecule has 1 amide bonds. The van der Waals surface area contributed by atoms with Gasteiger partial charge in [0.1, 0.15) is 0 Å². The quantitative estimate of drug-likeness (QED) is 0.668. The van der Waals surface area contributed by atoms with E-state index in [4.69, 9.17) is 0 Å². The molecule has 0 aliphatic carbocycles. The molecule has 2 aliphatic rings. The van der Waals surface area contributed by atoms with Gasteiger partial charge in [-0.1, -0.05) is 6.07 Å². The molecule has 2 atom stereocenters. The lowest BCUT2D eigenvalue weighted by Gasteiger charge is -2.25. The number of carbonyl (C=O) groups is 1. The lowest BCUT2D eigenvalue weighted by molar-refractivity contribution is -0.384. The number of nitrogens with zero attached hydrogens (tertiary/aromatic N) is 2. The van der Waals surface area contributed by atoms with E-state index in [1.54, 1.807) is 6.07 Å². The summed E-state index contributed by atoms with van der Waals surface area (Å²) >= 11 is 0. The molecule has 22 heavy (non-hydrogen) atoms. The number of nitro groups is 1. The van der Waals surface area contributed by atoms with Crippen LogP contribution in [0, 0.1) is 17.0 Å². The van der Waals surface area contributed by atoms with Crippen molar-refractivity contribution in [3.63, 3.8) is 0 Å². The topological polar surface area (TPSA) is 75.5 Å². The Hall–Kier alpha value is -1.66. The molecule has 2 fully saturated rings. The van der Waals surface area contributed by atoms with Gasteiger partial charge >= 0.3 is 0 Å². The lowest BCUT2D eigenvalue weighted by Crippen LogP contribution is -2.39. The third kappa shape index (κ3) is 3.23. The second-order valence-corrected chi connectivity index (χ2v) is 5.93. The minimum atomic E-state index is -0.456. The first kappa shape index (κ1) is 16.7. The van der Waals surface area contributed by atoms with Gasteiger partial charge in [-0.15, -0.1) is 12.4 Å². The van der Waals surface area contributed by atoms with Crippen LogP contribution in [0.5, 0.6) is 0 Å². The van der Waals surface area contributed by atoms with Gasteiger partial charge < -0.3 is 10.2 Å². The van der Waals surface area contributed by atoms with Gasteiger partial charge in [0, 0.05) is 42.9 Å². The van der Waals surface area contributed by atoms with Gasteiger partial charge in [0.15, 0.2) is 0 Å². The summed E-state index contributed by atoms with van der Waals surface area (Å²) in [6, 6.07) is 5.36. The molecule has 2 saturated heterocycles. The summed E-state index contributed by atoms with van der Waals surface area (Å²) in [6.07, 6.45) is 3.24. The first-order valence-electron chi connectivity index (χ1n) is 7.35. The van der Waals surface area contributed by atoms with Crippen LogP contribution in [0.25, 0.3) is 0 Å². The minimum Gasteiger partial charge on any atom is -0.337 e. The van der Waals surface area contributed by atoms with Gasteiger partial charge in [-0.25, -0.2) is 0 Å². The van der Waals surface area contributed by atoms with Crippen LogP contribution in [0.2, 0.25) is 0 Å². The molecule has 0 spiro atoms. The van der Waals surface area contributed by atoms with Gasteiger partial charge in [0.05, 0.1) is 4.92 Å². The standard InChI is InChI=1S/C15H19N3O3.ClH/c1-10-2-5-13(18(20)21)8-14(10)15(19)17-7-6-11-3-4-12(9-17)16-11;/h2,5,8,11-12,16H,3-4,6-7,9H2,1H3;1H. The maximum atomic E-state index is 12.7. The van der Waals surface area contributed by atoms with Crippen molar-refractivity contribution in [1.29, 1.82) is 0 Å². The van der Waals surface area contributed by atoms with Crippen LogP contribution in [0.4, 0.5) is 5.69 Å². The minimum absolute atomic E-state index is 0. The predicted octanol–water partition coefficient (Wildman–Crippen LogP) is 2.29. The van der Waals surface area contributed by atoms with Gasteiger partial charge in [-0.05, 0) is 31.7 Å². The van der Waals surface area contributed by atoms with Gasteiger partial charge in [-0.2, -0.15) is 0 Å². The van der Waals surface area contributed by atoms with E-state index in [0.717, 1.165) is 24.9 Å². The van der Waals surface area contributed by atoms with E-state index >= 15 is 0 Å². The van der Waals surface area contributed by atoms with Crippen LogP contribution in [-0.4, -0.2) is 40.9 Å². The Balaban J connectivity index is 0.00000176. The number of nitro benzene ring substituents is 1. The van der Waals surface area contributed by atoms with E-state index in [1.165, 1.54) is 18.6 Å². The van der Waals surface area contributed by atoms with E-state index in [-0.39, 0.29) is 24.0 Å². The second-order valence-electron chi connectivity index (χ2n) is 5.93. The molecule has 2 heterocycles. The largest absolute Gasteiger partial charge is 0.337 e. The first-order chi connectivity index (χ1) is 10.0. The highest BCUT2D eigenvalue weighted by Gasteiger charge is 2.32. The lowest BCUT2D eigenvalue weighted by atomic mass is 10.0. The van der Waals surface area contributed by atoms with Crippen LogP contribution < -0.4 is 5.32 Å². The number of non-ortho nitro benzene ring substituents is 1. The summed E-state index contributed by atoms with van der Waals surface area (Å²) in [5.41, 5.74) is 1.20. The van der Waals surface area contributed by atoms with Crippen molar-refractivity contribution >= 4 is 24.0 Å². The molecule has 120 valence electrons. The Labute approximate surface area is 135 Å². The fraction of sp³-hybridized carbons (Fsp3) is 0.533. The highest BCUT2D eigenvalue weighted by Crippen LogP contribution is 2.24. The average molecular weight is 326 g/mol. The molecule has 1 N–H and O–H groups in total. The maximum absolute atomic E-state index is 12.7. The molecule has 0 aromatic heterocycles. The highest BCUT2D eigenvalue weighted by atomic mass is 35.5. The first-order valence-corrected chi connectivity index (χ1v) is 7.35. The summed E-state index contributed by atoms with van der Waals surface area (Å²) in [4.78, 5) is 25.0. The van der Waals surface area contributed by atoms with Gasteiger partial charge in [0.25, 0.3) is 11.6 Å². The smallest absolute Gasteiger partial charge is 0.270 e. The maximum Gasteiger partial charge on any atom is 0.270 e. The van der Waals surface area contributed by atoms with Gasteiger partial charge in [0.2, 0.25) is 0 Å². The monoisotopic (exact) mass is 325 g/mol. The van der Waals surface area contributed by atoms with Crippen LogP contribution in [0.15, 0.2) is 18.2 Å². The average Bonchev–Trinajstić information content (AvgIpc) is 2.78. The zero-order valence-corrected chi connectivity index (χ0v) is 13.3. The number of halogens is 1. The molecule has 7 heteroatoms. The van der Waals surface area contributed by atoms with E-state index in [0.29, 0.717) is 24.2 Å². The summed E-state index contributed by atoms with van der Waals surface area (Å²) in [6.45, 7) is 3.23. The zero-order chi connectivity index (χ0) is 15.0. The number of hydrogen-bond acceptors (Lipinski definition) is 4. The van der Waals surface area contributed by atoms with Crippen molar-refractivity contribution in [2.45, 2.75) is 38.3 Å². The van der Waals surface area contributed by atoms with Crippen LogP contribution in [0.3, 0.4) is 0 Å². The number of fused-ring (bicyclic) bond motifs is 2. The Morgan fingerprint density at radius 2 is 2.05 bits per heavy atom. The molecule has 0 radical (unpaired) electrons. The third-order valence-corrected chi connectivity index (χ3v) is 4.47. The van der Waals surface area contributed by atoms with E-state index in [1.807, 2.05) is 11.8 Å². The molecule has 1 aromatic carbocycles. The number of benzene rings is 1. The molecule has 0 saturated carbocycles. The van der Waals surface area contributed by atoms with Crippen LogP contribution in [0.1, 0.15) is 35.2 Å². The van der Waals surface area contributed by atoms with Crippen molar-refractivity contribution < 1.29 is 9.72 Å². The Morgan fingerprint density at radius 1 is 1.32 bits per heavy atom. The zero-order valence-electron chi connectivity index (χ0n) is 12.4. The molecular weight excluding hydrogens is 306 g/mol. The molecule has 2 aliphatic heterocycles. The van der Waals surface area contributed by atoms with E-state index in [9.17, 15) is 14.9 Å². The fourth-order valence-electron chi connectivity index (χ4n) is 3.25. The van der Waals surface area contributed by atoms with Crippen molar-refractivity contribution in [3.05, 3.63) is 39.4 Å².